The first kappa shape index (κ1) is 12.5. The standard InChI is InChI=1S/C15H22N4/c1-12(2)19-8-6-15(17-19)11-18-7-5-13(10-18)9-16-14-3-4-14/h5-8,10,12,14,16H,3-4,9,11H2,1-2H3. The van der Waals surface area contributed by atoms with Crippen LogP contribution in [-0.2, 0) is 13.1 Å². The third-order valence-electron chi connectivity index (χ3n) is 3.52. The molecule has 0 spiro atoms. The summed E-state index contributed by atoms with van der Waals surface area (Å²) in [5, 5.41) is 8.11. The minimum Gasteiger partial charge on any atom is -0.348 e. The van der Waals surface area contributed by atoms with Gasteiger partial charge in [-0.3, -0.25) is 4.68 Å². The zero-order valence-electron chi connectivity index (χ0n) is 11.7. The maximum atomic E-state index is 4.58. The average molecular weight is 258 g/mol. The van der Waals surface area contributed by atoms with Crippen molar-refractivity contribution in [3.05, 3.63) is 42.0 Å². The van der Waals surface area contributed by atoms with E-state index in [0.29, 0.717) is 6.04 Å². The maximum Gasteiger partial charge on any atom is 0.0821 e. The molecule has 2 aromatic heterocycles. The maximum absolute atomic E-state index is 4.58. The summed E-state index contributed by atoms with van der Waals surface area (Å²) in [7, 11) is 0. The van der Waals surface area contributed by atoms with Crippen molar-refractivity contribution in [2.24, 2.45) is 0 Å². The van der Waals surface area contributed by atoms with Gasteiger partial charge in [0.25, 0.3) is 0 Å². The first-order valence-electron chi connectivity index (χ1n) is 7.13. The Balaban J connectivity index is 1.58. The van der Waals surface area contributed by atoms with Gasteiger partial charge in [0.05, 0.1) is 12.2 Å². The van der Waals surface area contributed by atoms with Gasteiger partial charge in [-0.1, -0.05) is 0 Å². The molecule has 1 aliphatic rings. The molecule has 4 nitrogen and oxygen atoms in total. The van der Waals surface area contributed by atoms with Gasteiger partial charge in [-0.2, -0.15) is 5.10 Å². The molecule has 0 atom stereocenters. The fourth-order valence-corrected chi connectivity index (χ4v) is 2.18. The molecular formula is C15H22N4. The van der Waals surface area contributed by atoms with Gasteiger partial charge in [0, 0.05) is 37.2 Å². The molecule has 0 amide bonds. The average Bonchev–Trinajstić information content (AvgIpc) is 2.91. The van der Waals surface area contributed by atoms with Gasteiger partial charge < -0.3 is 9.88 Å². The Morgan fingerprint density at radius 3 is 2.84 bits per heavy atom. The summed E-state index contributed by atoms with van der Waals surface area (Å²) in [6, 6.07) is 5.48. The van der Waals surface area contributed by atoms with Gasteiger partial charge in [-0.15, -0.1) is 0 Å². The molecule has 2 aromatic rings. The number of nitrogens with zero attached hydrogens (tertiary/aromatic N) is 3. The van der Waals surface area contributed by atoms with Crippen LogP contribution in [-0.4, -0.2) is 20.4 Å². The Morgan fingerprint density at radius 2 is 2.16 bits per heavy atom. The fourth-order valence-electron chi connectivity index (χ4n) is 2.18. The third kappa shape index (κ3) is 3.26. The van der Waals surface area contributed by atoms with Crippen LogP contribution in [0.4, 0.5) is 0 Å². The van der Waals surface area contributed by atoms with Crippen LogP contribution in [0.1, 0.15) is 44.0 Å². The van der Waals surface area contributed by atoms with E-state index in [9.17, 15) is 0 Å². The summed E-state index contributed by atoms with van der Waals surface area (Å²) >= 11 is 0. The smallest absolute Gasteiger partial charge is 0.0821 e. The highest BCUT2D eigenvalue weighted by molar-refractivity contribution is 5.12. The van der Waals surface area contributed by atoms with Crippen LogP contribution in [0.25, 0.3) is 0 Å². The van der Waals surface area contributed by atoms with Crippen LogP contribution in [0.3, 0.4) is 0 Å². The molecule has 1 N–H and O–H groups in total. The highest BCUT2D eigenvalue weighted by Crippen LogP contribution is 2.19. The Morgan fingerprint density at radius 1 is 1.32 bits per heavy atom. The minimum atomic E-state index is 0.428. The Kier molecular flexibility index (Phi) is 3.42. The Labute approximate surface area is 114 Å². The van der Waals surface area contributed by atoms with Gasteiger partial charge in [0.1, 0.15) is 0 Å². The molecule has 19 heavy (non-hydrogen) atoms. The van der Waals surface area contributed by atoms with Crippen molar-refractivity contribution in [2.45, 2.75) is 51.9 Å². The summed E-state index contributed by atoms with van der Waals surface area (Å²) < 4.78 is 4.21. The van der Waals surface area contributed by atoms with Crippen molar-refractivity contribution in [2.75, 3.05) is 0 Å². The first-order valence-corrected chi connectivity index (χ1v) is 7.13. The van der Waals surface area contributed by atoms with Crippen LogP contribution in [0, 0.1) is 0 Å². The molecule has 0 aliphatic heterocycles. The molecule has 4 heteroatoms. The van der Waals surface area contributed by atoms with Crippen molar-refractivity contribution < 1.29 is 0 Å². The molecule has 1 aliphatic carbocycles. The lowest BCUT2D eigenvalue weighted by molar-refractivity contribution is 0.524. The quantitative estimate of drug-likeness (QED) is 0.864. The zero-order valence-corrected chi connectivity index (χ0v) is 11.7. The predicted octanol–water partition coefficient (Wildman–Crippen LogP) is 2.57. The van der Waals surface area contributed by atoms with Crippen LogP contribution in [0.5, 0.6) is 0 Å². The zero-order chi connectivity index (χ0) is 13.2. The monoisotopic (exact) mass is 258 g/mol. The minimum absolute atomic E-state index is 0.428. The second-order valence-corrected chi connectivity index (χ2v) is 5.73. The Hall–Kier alpha value is -1.55. The number of aromatic nitrogens is 3. The predicted molar refractivity (Wildman–Crippen MR) is 76.0 cm³/mol. The summed E-state index contributed by atoms with van der Waals surface area (Å²) in [5.74, 6) is 0. The largest absolute Gasteiger partial charge is 0.348 e. The van der Waals surface area contributed by atoms with E-state index in [4.69, 9.17) is 0 Å². The van der Waals surface area contributed by atoms with E-state index in [2.05, 4.69) is 59.6 Å². The second kappa shape index (κ2) is 5.21. The Bertz CT molecular complexity index is 534. The van der Waals surface area contributed by atoms with E-state index < -0.39 is 0 Å². The molecule has 2 heterocycles. The molecule has 0 saturated heterocycles. The normalized spacial score (nSPS) is 15.3. The van der Waals surface area contributed by atoms with E-state index in [1.807, 2.05) is 4.68 Å². The first-order chi connectivity index (χ1) is 9.20. The van der Waals surface area contributed by atoms with E-state index in [0.717, 1.165) is 24.8 Å². The molecule has 0 radical (unpaired) electrons. The van der Waals surface area contributed by atoms with Crippen LogP contribution in [0.2, 0.25) is 0 Å². The van der Waals surface area contributed by atoms with Crippen molar-refractivity contribution in [3.63, 3.8) is 0 Å². The van der Waals surface area contributed by atoms with Crippen molar-refractivity contribution in [1.82, 2.24) is 19.7 Å². The third-order valence-corrected chi connectivity index (χ3v) is 3.52. The molecule has 0 bridgehead atoms. The number of rotatable bonds is 6. The van der Waals surface area contributed by atoms with E-state index in [1.165, 1.54) is 18.4 Å². The SMILES string of the molecule is CC(C)n1ccc(Cn2ccc(CNC3CC3)c2)n1. The summed E-state index contributed by atoms with van der Waals surface area (Å²) in [5.41, 5.74) is 2.47. The summed E-state index contributed by atoms with van der Waals surface area (Å²) in [6.07, 6.45) is 9.09. The lowest BCUT2D eigenvalue weighted by Crippen LogP contribution is -2.14. The molecule has 0 aromatic carbocycles. The lowest BCUT2D eigenvalue weighted by Gasteiger charge is -2.04. The van der Waals surface area contributed by atoms with Gasteiger partial charge in [0.2, 0.25) is 0 Å². The van der Waals surface area contributed by atoms with E-state index >= 15 is 0 Å². The van der Waals surface area contributed by atoms with Crippen molar-refractivity contribution >= 4 is 0 Å². The van der Waals surface area contributed by atoms with Crippen LogP contribution >= 0.6 is 0 Å². The van der Waals surface area contributed by atoms with E-state index in [-0.39, 0.29) is 0 Å². The molecule has 1 fully saturated rings. The molecule has 102 valence electrons. The van der Waals surface area contributed by atoms with Crippen molar-refractivity contribution in [1.29, 1.82) is 0 Å². The highest BCUT2D eigenvalue weighted by Gasteiger charge is 2.19. The summed E-state index contributed by atoms with van der Waals surface area (Å²) in [6.45, 7) is 6.13. The van der Waals surface area contributed by atoms with Gasteiger partial charge in [-0.25, -0.2) is 0 Å². The summed E-state index contributed by atoms with van der Waals surface area (Å²) in [4.78, 5) is 0. The van der Waals surface area contributed by atoms with Gasteiger partial charge in [-0.05, 0) is 44.4 Å². The topological polar surface area (TPSA) is 34.8 Å². The van der Waals surface area contributed by atoms with E-state index in [1.54, 1.807) is 0 Å². The molecule has 0 unspecified atom stereocenters. The number of nitrogens with one attached hydrogen (secondary N) is 1. The molecule has 1 saturated carbocycles. The molecule has 3 rings (SSSR count). The van der Waals surface area contributed by atoms with Gasteiger partial charge >= 0.3 is 0 Å². The molecular weight excluding hydrogens is 236 g/mol. The fraction of sp³-hybridized carbons (Fsp3) is 0.533. The van der Waals surface area contributed by atoms with Crippen LogP contribution in [0.15, 0.2) is 30.7 Å². The lowest BCUT2D eigenvalue weighted by atomic mass is 10.3. The number of hydrogen-bond acceptors (Lipinski definition) is 2. The van der Waals surface area contributed by atoms with Crippen molar-refractivity contribution in [3.8, 4) is 0 Å². The highest BCUT2D eigenvalue weighted by atomic mass is 15.3. The number of hydrogen-bond donors (Lipinski definition) is 1. The van der Waals surface area contributed by atoms with Gasteiger partial charge in [0.15, 0.2) is 0 Å². The van der Waals surface area contributed by atoms with Crippen LogP contribution < -0.4 is 5.32 Å². The second-order valence-electron chi connectivity index (χ2n) is 5.73.